The number of benzene rings is 2. The summed E-state index contributed by atoms with van der Waals surface area (Å²) < 4.78 is 65.5. The van der Waals surface area contributed by atoms with E-state index in [1.165, 1.54) is 22.5 Å². The molecule has 0 unspecified atom stereocenters. The summed E-state index contributed by atoms with van der Waals surface area (Å²) in [5.74, 6) is -0.421. The van der Waals surface area contributed by atoms with Crippen molar-refractivity contribution in [2.24, 2.45) is 0 Å². The van der Waals surface area contributed by atoms with Crippen LogP contribution in [0.4, 0.5) is 24.5 Å². The number of aromatic nitrogens is 1. The number of anilines is 2. The molecule has 0 atom stereocenters. The highest BCUT2D eigenvalue weighted by molar-refractivity contribution is 7.92. The highest BCUT2D eigenvalue weighted by Gasteiger charge is 2.32. The number of carbonyl (C=O) groups excluding carboxylic acids is 1. The van der Waals surface area contributed by atoms with Gasteiger partial charge in [-0.2, -0.15) is 13.2 Å². The van der Waals surface area contributed by atoms with E-state index in [2.05, 4.69) is 10.3 Å². The Bertz CT molecular complexity index is 1410. The molecule has 0 aliphatic rings. The Labute approximate surface area is 221 Å². The molecule has 0 aliphatic heterocycles. The molecule has 0 bridgehead atoms. The largest absolute Gasteiger partial charge is 0.433 e. The van der Waals surface area contributed by atoms with Crippen LogP contribution >= 0.6 is 0 Å². The molecule has 10 heteroatoms. The normalized spacial score (nSPS) is 12.1. The first kappa shape index (κ1) is 28.9. The molecule has 0 fully saturated rings. The molecule has 1 aromatic heterocycles. The minimum atomic E-state index is -4.53. The molecule has 38 heavy (non-hydrogen) atoms. The van der Waals surface area contributed by atoms with E-state index in [-0.39, 0.29) is 6.54 Å². The number of amides is 1. The molecule has 3 aromatic rings. The van der Waals surface area contributed by atoms with Crippen molar-refractivity contribution in [2.75, 3.05) is 10.6 Å². The lowest BCUT2D eigenvalue weighted by atomic mass is 10.1. The minimum Gasteiger partial charge on any atom is -0.348 e. The third-order valence-corrected chi connectivity index (χ3v) is 6.82. The molecular formula is C28H30F3N3O3S. The second kappa shape index (κ2) is 12.3. The van der Waals surface area contributed by atoms with Crippen LogP contribution in [-0.2, 0) is 34.0 Å². The highest BCUT2D eigenvalue weighted by atomic mass is 32.2. The lowest BCUT2D eigenvalue weighted by Gasteiger charge is -2.24. The number of sulfonamides is 1. The van der Waals surface area contributed by atoms with Crippen LogP contribution in [0, 0.1) is 6.92 Å². The third kappa shape index (κ3) is 7.67. The Hall–Kier alpha value is -3.66. The molecule has 0 aliphatic carbocycles. The fourth-order valence-electron chi connectivity index (χ4n) is 3.91. The van der Waals surface area contributed by atoms with Crippen LogP contribution in [0.3, 0.4) is 0 Å². The number of para-hydroxylation sites is 1. The Balaban J connectivity index is 1.72. The van der Waals surface area contributed by atoms with Crippen molar-refractivity contribution < 1.29 is 26.4 Å². The third-order valence-electron chi connectivity index (χ3n) is 5.75. The van der Waals surface area contributed by atoms with Gasteiger partial charge in [-0.15, -0.1) is 0 Å². The van der Waals surface area contributed by atoms with Gasteiger partial charge < -0.3 is 5.32 Å². The molecule has 6 nitrogen and oxygen atoms in total. The summed E-state index contributed by atoms with van der Waals surface area (Å²) >= 11 is 0. The number of rotatable bonds is 10. The summed E-state index contributed by atoms with van der Waals surface area (Å²) in [4.78, 5) is 16.2. The molecule has 3 rings (SSSR count). The Morgan fingerprint density at radius 3 is 2.39 bits per heavy atom. The van der Waals surface area contributed by atoms with Crippen molar-refractivity contribution in [3.05, 3.63) is 94.8 Å². The van der Waals surface area contributed by atoms with Gasteiger partial charge in [0.1, 0.15) is 5.69 Å². The summed E-state index contributed by atoms with van der Waals surface area (Å²) in [6.07, 6.45) is 1.19. The number of halogens is 3. The molecule has 2 aromatic carbocycles. The lowest BCUT2D eigenvalue weighted by Crippen LogP contribution is -2.25. The van der Waals surface area contributed by atoms with Crippen LogP contribution in [0.5, 0.6) is 0 Å². The second-order valence-corrected chi connectivity index (χ2v) is 10.7. The molecular weight excluding hydrogens is 515 g/mol. The average molecular weight is 546 g/mol. The Morgan fingerprint density at radius 1 is 1.08 bits per heavy atom. The van der Waals surface area contributed by atoms with E-state index in [1.54, 1.807) is 55.5 Å². The summed E-state index contributed by atoms with van der Waals surface area (Å²) in [6, 6.07) is 16.2. The molecule has 0 saturated carbocycles. The number of unbranched alkanes of at least 4 members (excludes halogenated alkanes) is 1. The number of hydrogen-bond acceptors (Lipinski definition) is 4. The monoisotopic (exact) mass is 545 g/mol. The molecule has 1 N–H and O–H groups in total. The maximum Gasteiger partial charge on any atom is 0.433 e. The number of alkyl halides is 3. The van der Waals surface area contributed by atoms with E-state index < -0.39 is 27.8 Å². The van der Waals surface area contributed by atoms with E-state index in [0.717, 1.165) is 24.3 Å². The Morgan fingerprint density at radius 2 is 1.79 bits per heavy atom. The van der Waals surface area contributed by atoms with Crippen molar-refractivity contribution in [3.63, 3.8) is 0 Å². The zero-order valence-electron chi connectivity index (χ0n) is 21.4. The van der Waals surface area contributed by atoms with Crippen LogP contribution in [0.25, 0.3) is 6.08 Å². The number of pyridine rings is 1. The first-order valence-electron chi connectivity index (χ1n) is 12.1. The number of carbonyl (C=O) groups is 1. The molecule has 202 valence electrons. The van der Waals surface area contributed by atoms with Gasteiger partial charge in [-0.1, -0.05) is 49.7 Å². The van der Waals surface area contributed by atoms with Gasteiger partial charge in [0, 0.05) is 18.3 Å². The van der Waals surface area contributed by atoms with Crippen LogP contribution < -0.4 is 9.62 Å². The van der Waals surface area contributed by atoms with Gasteiger partial charge in [-0.3, -0.25) is 4.79 Å². The van der Waals surface area contributed by atoms with Gasteiger partial charge in [0.2, 0.25) is 15.9 Å². The predicted octanol–water partition coefficient (Wildman–Crippen LogP) is 6.18. The summed E-state index contributed by atoms with van der Waals surface area (Å²) in [6.45, 7) is 3.91. The number of aryl methyl sites for hydroxylation is 2. The zero-order chi connectivity index (χ0) is 27.9. The maximum absolute atomic E-state index is 13.1. The summed E-state index contributed by atoms with van der Waals surface area (Å²) in [5.41, 5.74) is 2.29. The van der Waals surface area contributed by atoms with Crippen LogP contribution in [-0.4, -0.2) is 25.6 Å². The van der Waals surface area contributed by atoms with E-state index in [0.29, 0.717) is 41.0 Å². The highest BCUT2D eigenvalue weighted by Crippen LogP contribution is 2.32. The maximum atomic E-state index is 13.1. The minimum absolute atomic E-state index is 0.183. The van der Waals surface area contributed by atoms with Crippen molar-refractivity contribution in [1.29, 1.82) is 0 Å². The molecule has 1 amide bonds. The van der Waals surface area contributed by atoms with Gasteiger partial charge in [0.15, 0.2) is 0 Å². The predicted molar refractivity (Wildman–Crippen MR) is 143 cm³/mol. The lowest BCUT2D eigenvalue weighted by molar-refractivity contribution is -0.141. The van der Waals surface area contributed by atoms with Gasteiger partial charge in [-0.05, 0) is 66.8 Å². The number of nitrogens with zero attached hydrogens (tertiary/aromatic N) is 2. The van der Waals surface area contributed by atoms with Gasteiger partial charge >= 0.3 is 6.18 Å². The van der Waals surface area contributed by atoms with Crippen LogP contribution in [0.1, 0.15) is 47.8 Å². The fourth-order valence-corrected chi connectivity index (χ4v) is 4.97. The van der Waals surface area contributed by atoms with Crippen molar-refractivity contribution >= 4 is 33.4 Å². The first-order valence-corrected chi connectivity index (χ1v) is 13.9. The quantitative estimate of drug-likeness (QED) is 0.309. The molecule has 1 heterocycles. The van der Waals surface area contributed by atoms with E-state index in [9.17, 15) is 26.4 Å². The smallest absolute Gasteiger partial charge is 0.348 e. The van der Waals surface area contributed by atoms with Crippen molar-refractivity contribution in [1.82, 2.24) is 10.3 Å². The molecule has 0 radical (unpaired) electrons. The fraction of sp³-hybridized carbons (Fsp3) is 0.286. The second-order valence-electron chi connectivity index (χ2n) is 8.87. The number of hydrogen-bond donors (Lipinski definition) is 1. The zero-order valence-corrected chi connectivity index (χ0v) is 22.2. The summed E-state index contributed by atoms with van der Waals surface area (Å²) in [7, 11) is -3.60. The standard InChI is InChI=1S/C28H30F3N3O3S/c1-4-5-11-24-22(13-16-26(33-24)28(29,30)31)14-17-27(35)32-19-21-12-15-25(20(2)18-21)34(38(3,36)37)23-9-7-6-8-10-23/h6-10,12-18H,4-5,11,19H2,1-3H3,(H,32,35)/b17-14+. The van der Waals surface area contributed by atoms with E-state index in [4.69, 9.17) is 0 Å². The van der Waals surface area contributed by atoms with E-state index in [1.807, 2.05) is 6.92 Å². The van der Waals surface area contributed by atoms with Gasteiger partial charge in [-0.25, -0.2) is 17.7 Å². The van der Waals surface area contributed by atoms with Crippen LogP contribution in [0.2, 0.25) is 0 Å². The average Bonchev–Trinajstić information content (AvgIpc) is 2.85. The van der Waals surface area contributed by atoms with Gasteiger partial charge in [0.05, 0.1) is 17.6 Å². The molecule has 0 saturated heterocycles. The van der Waals surface area contributed by atoms with Gasteiger partial charge in [0.25, 0.3) is 0 Å². The summed E-state index contributed by atoms with van der Waals surface area (Å²) in [5, 5.41) is 2.75. The first-order chi connectivity index (χ1) is 17.9. The Kier molecular flexibility index (Phi) is 9.32. The van der Waals surface area contributed by atoms with Crippen molar-refractivity contribution in [3.8, 4) is 0 Å². The van der Waals surface area contributed by atoms with Crippen molar-refractivity contribution in [2.45, 2.75) is 45.8 Å². The topological polar surface area (TPSA) is 79.4 Å². The number of nitrogens with one attached hydrogen (secondary N) is 1. The SMILES string of the molecule is CCCCc1nc(C(F)(F)F)ccc1/C=C/C(=O)NCc1ccc(N(c2ccccc2)S(C)(=O)=O)c(C)c1. The molecule has 0 spiro atoms. The van der Waals surface area contributed by atoms with E-state index >= 15 is 0 Å². The van der Waals surface area contributed by atoms with Crippen LogP contribution in [0.15, 0.2) is 66.7 Å².